The Morgan fingerprint density at radius 1 is 1.18 bits per heavy atom. The van der Waals surface area contributed by atoms with E-state index in [9.17, 15) is 18.4 Å². The van der Waals surface area contributed by atoms with Crippen LogP contribution in [-0.2, 0) is 10.0 Å². The molecule has 0 radical (unpaired) electrons. The van der Waals surface area contributed by atoms with Crippen molar-refractivity contribution in [2.75, 3.05) is 26.2 Å². The van der Waals surface area contributed by atoms with Gasteiger partial charge in [0.25, 0.3) is 15.9 Å². The number of pyridine rings is 1. The highest BCUT2D eigenvalue weighted by atomic mass is 35.5. The van der Waals surface area contributed by atoms with E-state index in [4.69, 9.17) is 11.6 Å². The molecule has 9 nitrogen and oxygen atoms in total. The highest BCUT2D eigenvalue weighted by Crippen LogP contribution is 2.27. The average molecular weight is 504 g/mol. The fourth-order valence-corrected chi connectivity index (χ4v) is 6.22. The van der Waals surface area contributed by atoms with Crippen LogP contribution in [0.15, 0.2) is 60.0 Å². The molecule has 1 aliphatic rings. The molecule has 0 saturated carbocycles. The Kier molecular flexibility index (Phi) is 5.57. The van der Waals surface area contributed by atoms with Gasteiger partial charge in [-0.1, -0.05) is 11.6 Å². The zero-order valence-electron chi connectivity index (χ0n) is 17.1. The number of nitrogens with zero attached hydrogens (tertiary/aromatic N) is 4. The molecule has 4 aromatic rings. The molecule has 5 rings (SSSR count). The number of aromatic amines is 1. The molecular weight excluding hydrogens is 486 g/mol. The van der Waals surface area contributed by atoms with E-state index in [0.29, 0.717) is 30.7 Å². The van der Waals surface area contributed by atoms with E-state index in [0.717, 1.165) is 5.39 Å². The number of amides is 1. The first-order valence-corrected chi connectivity index (χ1v) is 12.7. The van der Waals surface area contributed by atoms with Gasteiger partial charge in [0.2, 0.25) is 0 Å². The van der Waals surface area contributed by atoms with Crippen molar-refractivity contribution >= 4 is 49.8 Å². The molecule has 4 heterocycles. The van der Waals surface area contributed by atoms with Crippen molar-refractivity contribution in [2.24, 2.45) is 0 Å². The van der Waals surface area contributed by atoms with E-state index in [1.165, 1.54) is 28.0 Å². The van der Waals surface area contributed by atoms with Gasteiger partial charge in [-0.15, -0.1) is 11.3 Å². The summed E-state index contributed by atoms with van der Waals surface area (Å²) in [4.78, 5) is 22.4. The maximum Gasteiger partial charge on any atom is 0.282 e. The van der Waals surface area contributed by atoms with Crippen LogP contribution in [-0.4, -0.2) is 59.7 Å². The summed E-state index contributed by atoms with van der Waals surface area (Å²) < 4.78 is 28.3. The van der Waals surface area contributed by atoms with Gasteiger partial charge in [-0.3, -0.25) is 4.79 Å². The van der Waals surface area contributed by atoms with Crippen LogP contribution in [0, 0.1) is 5.21 Å². The molecule has 0 atom stereocenters. The first-order chi connectivity index (χ1) is 15.8. The average Bonchev–Trinajstić information content (AvgIpc) is 3.46. The minimum atomic E-state index is -3.73. The Bertz CT molecular complexity index is 1460. The number of nitrogens with one attached hydrogen (secondary N) is 1. The molecule has 12 heteroatoms. The highest BCUT2D eigenvalue weighted by Gasteiger charge is 2.32. The summed E-state index contributed by atoms with van der Waals surface area (Å²) in [6.07, 6.45) is 4.37. The summed E-state index contributed by atoms with van der Waals surface area (Å²) in [7, 11) is -3.73. The third-order valence-corrected chi connectivity index (χ3v) is 8.54. The van der Waals surface area contributed by atoms with Gasteiger partial charge in [-0.2, -0.15) is 9.04 Å². The standard InChI is InChI=1S/C21H18ClN5O4S2/c22-16-3-4-17-15(10-16)11-19(24-17)33(30,31)27-8-6-25(7-9-27)21(28)20-23-12-18(32-20)14-2-1-5-26(29)13-14/h1-5,10-13,24H,6-9H2. The zero-order valence-corrected chi connectivity index (χ0v) is 19.5. The maximum atomic E-state index is 13.1. The van der Waals surface area contributed by atoms with Crippen LogP contribution in [0.5, 0.6) is 0 Å². The Morgan fingerprint density at radius 2 is 1.97 bits per heavy atom. The second-order valence-corrected chi connectivity index (χ2v) is 10.9. The monoisotopic (exact) mass is 503 g/mol. The lowest BCUT2D eigenvalue weighted by Gasteiger charge is -2.33. The highest BCUT2D eigenvalue weighted by molar-refractivity contribution is 7.89. The molecule has 170 valence electrons. The summed E-state index contributed by atoms with van der Waals surface area (Å²) >= 11 is 7.20. The molecule has 1 amide bonds. The van der Waals surface area contributed by atoms with Gasteiger partial charge < -0.3 is 15.1 Å². The smallest absolute Gasteiger partial charge is 0.282 e. The quantitative estimate of drug-likeness (QED) is 0.340. The molecule has 0 aliphatic carbocycles. The van der Waals surface area contributed by atoms with Crippen molar-refractivity contribution in [3.63, 3.8) is 0 Å². The first-order valence-electron chi connectivity index (χ1n) is 10.0. The number of fused-ring (bicyclic) bond motifs is 1. The van der Waals surface area contributed by atoms with Crippen molar-refractivity contribution in [3.8, 4) is 10.4 Å². The number of H-pyrrole nitrogens is 1. The molecule has 33 heavy (non-hydrogen) atoms. The summed E-state index contributed by atoms with van der Waals surface area (Å²) in [5.74, 6) is -0.255. The van der Waals surface area contributed by atoms with Crippen LogP contribution in [0.2, 0.25) is 5.02 Å². The number of sulfonamides is 1. The summed E-state index contributed by atoms with van der Waals surface area (Å²) in [5, 5.41) is 13.1. The summed E-state index contributed by atoms with van der Waals surface area (Å²) in [6, 6.07) is 10.1. The van der Waals surface area contributed by atoms with E-state index in [1.54, 1.807) is 47.5 Å². The van der Waals surface area contributed by atoms with E-state index >= 15 is 0 Å². The molecule has 0 spiro atoms. The van der Waals surface area contributed by atoms with Crippen LogP contribution in [0.1, 0.15) is 9.80 Å². The molecule has 1 aromatic carbocycles. The number of carbonyl (C=O) groups is 1. The number of rotatable bonds is 4. The molecular formula is C21H18ClN5O4S2. The van der Waals surface area contributed by atoms with Gasteiger partial charge in [0, 0.05) is 54.4 Å². The van der Waals surface area contributed by atoms with Crippen molar-refractivity contribution in [3.05, 3.63) is 70.2 Å². The lowest BCUT2D eigenvalue weighted by Crippen LogP contribution is -2.50. The largest absolute Gasteiger partial charge is 0.619 e. The zero-order chi connectivity index (χ0) is 23.2. The normalized spacial score (nSPS) is 15.2. The molecule has 1 N–H and O–H groups in total. The Hall–Kier alpha value is -2.99. The second-order valence-electron chi connectivity index (χ2n) is 7.54. The number of piperazine rings is 1. The van der Waals surface area contributed by atoms with Crippen LogP contribution >= 0.6 is 22.9 Å². The Labute approximate surface area is 198 Å². The van der Waals surface area contributed by atoms with E-state index < -0.39 is 10.0 Å². The minimum absolute atomic E-state index is 0.0996. The van der Waals surface area contributed by atoms with Crippen molar-refractivity contribution in [2.45, 2.75) is 5.03 Å². The number of halogens is 1. The second kappa shape index (κ2) is 8.41. The molecule has 0 unspecified atom stereocenters. The third-order valence-electron chi connectivity index (χ3n) is 5.45. The maximum absolute atomic E-state index is 13.1. The van der Waals surface area contributed by atoms with Crippen LogP contribution in [0.25, 0.3) is 21.3 Å². The number of benzene rings is 1. The molecule has 0 bridgehead atoms. The summed E-state index contributed by atoms with van der Waals surface area (Å²) in [6.45, 7) is 0.866. The van der Waals surface area contributed by atoms with Crippen LogP contribution in [0.4, 0.5) is 0 Å². The van der Waals surface area contributed by atoms with Gasteiger partial charge in [0.05, 0.1) is 10.4 Å². The molecule has 1 aliphatic heterocycles. The van der Waals surface area contributed by atoms with Crippen molar-refractivity contribution < 1.29 is 17.9 Å². The predicted molar refractivity (Wildman–Crippen MR) is 124 cm³/mol. The van der Waals surface area contributed by atoms with Crippen LogP contribution in [0.3, 0.4) is 0 Å². The van der Waals surface area contributed by atoms with Gasteiger partial charge in [-0.25, -0.2) is 13.4 Å². The van der Waals surface area contributed by atoms with Crippen LogP contribution < -0.4 is 4.73 Å². The van der Waals surface area contributed by atoms with Gasteiger partial charge in [0.1, 0.15) is 5.03 Å². The number of thiazole rings is 1. The van der Waals surface area contributed by atoms with Gasteiger partial charge in [-0.05, 0) is 30.3 Å². The molecule has 3 aromatic heterocycles. The lowest BCUT2D eigenvalue weighted by atomic mass is 10.2. The number of aromatic nitrogens is 3. The SMILES string of the molecule is O=C(c1ncc(-c2ccc[n+]([O-])c2)s1)N1CCN(S(=O)(=O)c2cc3cc(Cl)ccc3[nH]2)CC1. The lowest BCUT2D eigenvalue weighted by molar-refractivity contribution is -0.604. The Morgan fingerprint density at radius 3 is 2.73 bits per heavy atom. The number of hydrogen-bond donors (Lipinski definition) is 1. The van der Waals surface area contributed by atoms with E-state index in [-0.39, 0.29) is 37.1 Å². The first kappa shape index (κ1) is 21.8. The van der Waals surface area contributed by atoms with Crippen molar-refractivity contribution in [1.82, 2.24) is 19.2 Å². The van der Waals surface area contributed by atoms with Gasteiger partial charge in [0.15, 0.2) is 17.4 Å². The number of hydrogen-bond acceptors (Lipinski definition) is 6. The topological polar surface area (TPSA) is 113 Å². The third kappa shape index (κ3) is 4.20. The summed E-state index contributed by atoms with van der Waals surface area (Å²) in [5.41, 5.74) is 1.37. The fourth-order valence-electron chi connectivity index (χ4n) is 3.73. The van der Waals surface area contributed by atoms with Crippen molar-refractivity contribution in [1.29, 1.82) is 0 Å². The van der Waals surface area contributed by atoms with Gasteiger partial charge >= 0.3 is 0 Å². The molecule has 1 fully saturated rings. The number of carbonyl (C=O) groups excluding carboxylic acids is 1. The minimum Gasteiger partial charge on any atom is -0.619 e. The fraction of sp³-hybridized carbons (Fsp3) is 0.190. The molecule has 1 saturated heterocycles. The predicted octanol–water partition coefficient (Wildman–Crippen LogP) is 2.72. The Balaban J connectivity index is 1.28. The van der Waals surface area contributed by atoms with E-state index in [1.807, 2.05) is 0 Å². The van der Waals surface area contributed by atoms with E-state index in [2.05, 4.69) is 9.97 Å².